The van der Waals surface area contributed by atoms with Crippen molar-refractivity contribution in [2.75, 3.05) is 0 Å². The van der Waals surface area contributed by atoms with Crippen LogP contribution in [0, 0.1) is 18.3 Å². The highest BCUT2D eigenvalue weighted by atomic mass is 19.4. The molecule has 0 bridgehead atoms. The van der Waals surface area contributed by atoms with Gasteiger partial charge in [0.25, 0.3) is 0 Å². The minimum atomic E-state index is -4.35. The van der Waals surface area contributed by atoms with E-state index >= 15 is 0 Å². The predicted molar refractivity (Wildman–Crippen MR) is 130 cm³/mol. The molecule has 1 fully saturated rings. The molecule has 0 spiro atoms. The van der Waals surface area contributed by atoms with E-state index in [0.29, 0.717) is 23.4 Å². The van der Waals surface area contributed by atoms with E-state index in [0.717, 1.165) is 47.2 Å². The van der Waals surface area contributed by atoms with Crippen LogP contribution in [-0.2, 0) is 19.0 Å². The maximum absolute atomic E-state index is 12.7. The fraction of sp³-hybridized carbons (Fsp3) is 0.500. The maximum Gasteiger partial charge on any atom is 0.417 e. The second-order valence-electron chi connectivity index (χ2n) is 10.8. The molecular formula is C28H34F3N3. The van der Waals surface area contributed by atoms with Crippen LogP contribution in [-0.4, -0.2) is 15.0 Å². The molecule has 0 amide bonds. The first kappa shape index (κ1) is 24.5. The Morgan fingerprint density at radius 1 is 0.912 bits per heavy atom. The van der Waals surface area contributed by atoms with Gasteiger partial charge < -0.3 is 4.98 Å². The fourth-order valence-corrected chi connectivity index (χ4v) is 5.07. The number of aryl methyl sites for hydroxylation is 3. The van der Waals surface area contributed by atoms with Crippen molar-refractivity contribution in [1.29, 1.82) is 0 Å². The molecule has 2 aromatic heterocycles. The zero-order chi connectivity index (χ0) is 24.5. The summed E-state index contributed by atoms with van der Waals surface area (Å²) in [5.41, 5.74) is 4.80. The summed E-state index contributed by atoms with van der Waals surface area (Å²) in [4.78, 5) is 12.3. The number of nitrogens with one attached hydrogen (secondary N) is 1. The quantitative estimate of drug-likeness (QED) is 0.413. The Hall–Kier alpha value is -2.63. The van der Waals surface area contributed by atoms with Crippen LogP contribution in [0.3, 0.4) is 0 Å². The van der Waals surface area contributed by atoms with Gasteiger partial charge in [0, 0.05) is 17.8 Å². The summed E-state index contributed by atoms with van der Waals surface area (Å²) in [5.74, 6) is 2.38. The van der Waals surface area contributed by atoms with Crippen molar-refractivity contribution in [3.63, 3.8) is 0 Å². The molecule has 1 saturated carbocycles. The van der Waals surface area contributed by atoms with E-state index in [2.05, 4.69) is 55.9 Å². The standard InChI is InChI=1S/C28H34F3N3/c1-18-15-21(6-5-19(18)9-13-24-14-12-23(16-32-24)28(29,30)31)25-17-33-26(34-25)20-7-10-22(11-8-20)27(2,3)4/h5-6,12,14-17,20,22H,7-11,13H2,1-4H3,(H,33,34). The van der Waals surface area contributed by atoms with Crippen LogP contribution >= 0.6 is 0 Å². The highest BCUT2D eigenvalue weighted by Crippen LogP contribution is 2.42. The largest absolute Gasteiger partial charge is 0.417 e. The molecule has 6 heteroatoms. The lowest BCUT2D eigenvalue weighted by Crippen LogP contribution is -2.25. The molecule has 3 nitrogen and oxygen atoms in total. The van der Waals surface area contributed by atoms with E-state index in [-0.39, 0.29) is 0 Å². The van der Waals surface area contributed by atoms with Crippen molar-refractivity contribution < 1.29 is 13.2 Å². The number of alkyl halides is 3. The third-order valence-electron chi connectivity index (χ3n) is 7.39. The van der Waals surface area contributed by atoms with Gasteiger partial charge in [-0.1, -0.05) is 32.9 Å². The Balaban J connectivity index is 1.38. The van der Waals surface area contributed by atoms with Crippen LogP contribution in [0.1, 0.15) is 80.6 Å². The van der Waals surface area contributed by atoms with Crippen LogP contribution in [0.2, 0.25) is 0 Å². The van der Waals surface area contributed by atoms with E-state index < -0.39 is 11.7 Å². The molecule has 0 saturated heterocycles. The molecule has 3 aromatic rings. The Bertz CT molecular complexity index is 1100. The Kier molecular flexibility index (Phi) is 6.88. The van der Waals surface area contributed by atoms with Crippen LogP contribution in [0.25, 0.3) is 11.3 Å². The molecule has 1 aliphatic carbocycles. The number of pyridine rings is 1. The van der Waals surface area contributed by atoms with Crippen molar-refractivity contribution in [3.8, 4) is 11.3 Å². The molecule has 4 rings (SSSR count). The van der Waals surface area contributed by atoms with Gasteiger partial charge in [0.05, 0.1) is 17.5 Å². The Morgan fingerprint density at radius 2 is 1.65 bits per heavy atom. The molecule has 0 unspecified atom stereocenters. The van der Waals surface area contributed by atoms with Crippen molar-refractivity contribution >= 4 is 0 Å². The smallest absolute Gasteiger partial charge is 0.342 e. The number of halogens is 3. The normalized spacial score (nSPS) is 19.4. The molecular weight excluding hydrogens is 435 g/mol. The zero-order valence-electron chi connectivity index (χ0n) is 20.5. The first-order valence-corrected chi connectivity index (χ1v) is 12.2. The summed E-state index contributed by atoms with van der Waals surface area (Å²) in [5, 5.41) is 0. The van der Waals surface area contributed by atoms with Crippen molar-refractivity contribution in [2.45, 2.75) is 78.3 Å². The van der Waals surface area contributed by atoms with Gasteiger partial charge in [0.2, 0.25) is 0 Å². The second kappa shape index (κ2) is 9.55. The molecule has 1 aliphatic rings. The average Bonchev–Trinajstić information content (AvgIpc) is 3.28. The van der Waals surface area contributed by atoms with Gasteiger partial charge in [0.15, 0.2) is 0 Å². The molecule has 34 heavy (non-hydrogen) atoms. The maximum atomic E-state index is 12.7. The van der Waals surface area contributed by atoms with E-state index in [9.17, 15) is 13.2 Å². The van der Waals surface area contributed by atoms with E-state index in [1.807, 2.05) is 6.20 Å². The van der Waals surface area contributed by atoms with Gasteiger partial charge in [0.1, 0.15) is 5.82 Å². The highest BCUT2D eigenvalue weighted by molar-refractivity contribution is 5.60. The average molecular weight is 470 g/mol. The summed E-state index contributed by atoms with van der Waals surface area (Å²) < 4.78 is 38.2. The van der Waals surface area contributed by atoms with Gasteiger partial charge in [-0.3, -0.25) is 4.98 Å². The van der Waals surface area contributed by atoms with Crippen LogP contribution in [0.5, 0.6) is 0 Å². The molecule has 0 radical (unpaired) electrons. The molecule has 0 aliphatic heterocycles. The van der Waals surface area contributed by atoms with Gasteiger partial charge >= 0.3 is 6.18 Å². The van der Waals surface area contributed by atoms with Crippen molar-refractivity contribution in [3.05, 3.63) is 70.9 Å². The van der Waals surface area contributed by atoms with Gasteiger partial charge in [-0.25, -0.2) is 4.98 Å². The van der Waals surface area contributed by atoms with Crippen LogP contribution < -0.4 is 0 Å². The monoisotopic (exact) mass is 469 g/mol. The lowest BCUT2D eigenvalue weighted by Gasteiger charge is -2.36. The van der Waals surface area contributed by atoms with Gasteiger partial charge in [-0.2, -0.15) is 13.2 Å². The zero-order valence-corrected chi connectivity index (χ0v) is 20.5. The number of benzene rings is 1. The summed E-state index contributed by atoms with van der Waals surface area (Å²) in [7, 11) is 0. The molecule has 182 valence electrons. The van der Waals surface area contributed by atoms with Gasteiger partial charge in [-0.05, 0) is 91.7 Å². The molecule has 1 aromatic carbocycles. The third kappa shape index (κ3) is 5.70. The number of aromatic nitrogens is 3. The number of nitrogens with zero attached hydrogens (tertiary/aromatic N) is 2. The van der Waals surface area contributed by atoms with Crippen molar-refractivity contribution in [1.82, 2.24) is 15.0 Å². The number of hydrogen-bond donors (Lipinski definition) is 1. The summed E-state index contributed by atoms with van der Waals surface area (Å²) >= 11 is 0. The van der Waals surface area contributed by atoms with E-state index in [1.165, 1.54) is 37.3 Å². The number of rotatable bonds is 5. The molecule has 1 N–H and O–H groups in total. The number of imidazole rings is 1. The first-order valence-electron chi connectivity index (χ1n) is 12.2. The summed E-state index contributed by atoms with van der Waals surface area (Å²) in [6.45, 7) is 9.10. The van der Waals surface area contributed by atoms with Crippen LogP contribution in [0.15, 0.2) is 42.7 Å². The van der Waals surface area contributed by atoms with Gasteiger partial charge in [-0.15, -0.1) is 0 Å². The second-order valence-corrected chi connectivity index (χ2v) is 10.8. The van der Waals surface area contributed by atoms with Crippen LogP contribution in [0.4, 0.5) is 13.2 Å². The summed E-state index contributed by atoms with van der Waals surface area (Å²) in [6, 6.07) is 8.92. The first-order chi connectivity index (χ1) is 16.0. The Morgan fingerprint density at radius 3 is 2.24 bits per heavy atom. The highest BCUT2D eigenvalue weighted by Gasteiger charge is 2.31. The summed E-state index contributed by atoms with van der Waals surface area (Å²) in [6.07, 6.45) is 4.71. The fourth-order valence-electron chi connectivity index (χ4n) is 5.07. The Labute approximate surface area is 200 Å². The number of aromatic amines is 1. The minimum Gasteiger partial charge on any atom is -0.342 e. The van der Waals surface area contributed by atoms with E-state index in [4.69, 9.17) is 4.98 Å². The molecule has 0 atom stereocenters. The predicted octanol–water partition coefficient (Wildman–Crippen LogP) is 7.90. The third-order valence-corrected chi connectivity index (χ3v) is 7.39. The minimum absolute atomic E-state index is 0.376. The number of H-pyrrole nitrogens is 1. The lowest BCUT2D eigenvalue weighted by atomic mass is 9.70. The SMILES string of the molecule is Cc1cc(-c2cnc(C3CCC(C(C)(C)C)CC3)[nH]2)ccc1CCc1ccc(C(F)(F)F)cn1. The van der Waals surface area contributed by atoms with E-state index in [1.54, 1.807) is 0 Å². The van der Waals surface area contributed by atoms with Crippen molar-refractivity contribution in [2.24, 2.45) is 11.3 Å². The number of hydrogen-bond acceptors (Lipinski definition) is 2. The lowest BCUT2D eigenvalue weighted by molar-refractivity contribution is -0.137. The molecule has 2 heterocycles. The topological polar surface area (TPSA) is 41.6 Å².